The zero-order chi connectivity index (χ0) is 26.3. The molecule has 2 aliphatic rings. The lowest BCUT2D eigenvalue weighted by atomic mass is 9.66. The van der Waals surface area contributed by atoms with E-state index in [9.17, 15) is 0 Å². The van der Waals surface area contributed by atoms with Crippen LogP contribution < -0.4 is 10.1 Å². The molecule has 3 heteroatoms. The van der Waals surface area contributed by atoms with Crippen LogP contribution in [0, 0.1) is 0 Å². The van der Waals surface area contributed by atoms with Crippen molar-refractivity contribution in [1.29, 1.82) is 0 Å². The lowest BCUT2D eigenvalue weighted by Crippen LogP contribution is -2.32. The Morgan fingerprint density at radius 2 is 1.07 bits per heavy atom. The van der Waals surface area contributed by atoms with Gasteiger partial charge in [0.25, 0.3) is 0 Å². The third kappa shape index (κ3) is 2.69. The fraction of sp³-hybridized carbons (Fsp3) is 0.0270. The van der Waals surface area contributed by atoms with Gasteiger partial charge in [-0.15, -0.1) is 0 Å². The van der Waals surface area contributed by atoms with Gasteiger partial charge in [0.2, 0.25) is 0 Å². The predicted octanol–water partition coefficient (Wildman–Crippen LogP) is 9.80. The summed E-state index contributed by atoms with van der Waals surface area (Å²) in [5.41, 5.74) is 10.6. The molecular weight excluding hydrogens is 490 g/mol. The maximum absolute atomic E-state index is 6.47. The number of hydrogen-bond acceptors (Lipinski definition) is 3. The van der Waals surface area contributed by atoms with Crippen LogP contribution in [0.4, 0.5) is 11.4 Å². The van der Waals surface area contributed by atoms with Crippen molar-refractivity contribution < 1.29 is 9.15 Å². The van der Waals surface area contributed by atoms with E-state index in [2.05, 4.69) is 115 Å². The van der Waals surface area contributed by atoms with Gasteiger partial charge < -0.3 is 14.5 Å². The maximum atomic E-state index is 6.47. The number of nitrogens with one attached hydrogen (secondary N) is 1. The van der Waals surface area contributed by atoms with Crippen LogP contribution in [0.25, 0.3) is 33.1 Å². The third-order valence-electron chi connectivity index (χ3n) is 8.54. The van der Waals surface area contributed by atoms with E-state index in [4.69, 9.17) is 9.15 Å². The first-order valence-corrected chi connectivity index (χ1v) is 13.6. The molecule has 0 saturated carbocycles. The van der Waals surface area contributed by atoms with Crippen molar-refractivity contribution in [2.45, 2.75) is 5.41 Å². The number of ether oxygens (including phenoxy) is 1. The molecule has 0 amide bonds. The maximum Gasteiger partial charge on any atom is 0.158 e. The van der Waals surface area contributed by atoms with Gasteiger partial charge in [-0.3, -0.25) is 0 Å². The number of para-hydroxylation sites is 4. The summed E-state index contributed by atoms with van der Waals surface area (Å²) < 4.78 is 12.8. The quantitative estimate of drug-likeness (QED) is 0.250. The van der Waals surface area contributed by atoms with Gasteiger partial charge in [0.05, 0.1) is 11.1 Å². The Hall–Kier alpha value is -5.28. The first-order chi connectivity index (χ1) is 19.8. The second-order valence-electron chi connectivity index (χ2n) is 10.5. The zero-order valence-electron chi connectivity index (χ0n) is 21.5. The third-order valence-corrected chi connectivity index (χ3v) is 8.54. The number of furan rings is 1. The Morgan fingerprint density at radius 3 is 1.90 bits per heavy atom. The number of fused-ring (bicyclic) bond motifs is 12. The van der Waals surface area contributed by atoms with Crippen molar-refractivity contribution in [2.75, 3.05) is 5.32 Å². The fourth-order valence-electron chi connectivity index (χ4n) is 7.00. The largest absolute Gasteiger partial charge is 0.457 e. The first kappa shape index (κ1) is 21.6. The van der Waals surface area contributed by atoms with Crippen molar-refractivity contribution in [2.24, 2.45) is 0 Å². The molecule has 1 aliphatic carbocycles. The topological polar surface area (TPSA) is 34.4 Å². The highest BCUT2D eigenvalue weighted by Crippen LogP contribution is 2.63. The molecule has 0 unspecified atom stereocenters. The summed E-state index contributed by atoms with van der Waals surface area (Å²) in [5, 5.41) is 6.03. The molecule has 2 heterocycles. The lowest BCUT2D eigenvalue weighted by Gasteiger charge is -2.39. The second kappa shape index (κ2) is 7.87. The molecule has 0 saturated heterocycles. The molecule has 1 spiro atoms. The van der Waals surface area contributed by atoms with E-state index < -0.39 is 5.41 Å². The Balaban J connectivity index is 1.33. The van der Waals surface area contributed by atoms with Gasteiger partial charge in [0.15, 0.2) is 5.58 Å². The standard InChI is InChI=1S/C37H23NO2/c1-3-14-26-25(12-1)35-29(37(26)27-15-4-7-21-33(27)39-34-22-8-5-16-28(34)37)17-10-18-30(35)38-31-19-9-13-24-23-11-2-6-20-32(23)40-36(24)31/h1-22,38H. The van der Waals surface area contributed by atoms with E-state index in [1.807, 2.05) is 24.3 Å². The van der Waals surface area contributed by atoms with E-state index in [0.29, 0.717) is 0 Å². The van der Waals surface area contributed by atoms with Gasteiger partial charge in [-0.25, -0.2) is 0 Å². The van der Waals surface area contributed by atoms with Crippen molar-refractivity contribution in [3.8, 4) is 22.6 Å². The van der Waals surface area contributed by atoms with Gasteiger partial charge in [0, 0.05) is 33.2 Å². The highest BCUT2D eigenvalue weighted by molar-refractivity contribution is 6.09. The Labute approximate surface area is 231 Å². The van der Waals surface area contributed by atoms with Crippen LogP contribution in [0.1, 0.15) is 22.3 Å². The summed E-state index contributed by atoms with van der Waals surface area (Å²) in [4.78, 5) is 0. The molecule has 1 aromatic heterocycles. The molecule has 1 N–H and O–H groups in total. The van der Waals surface area contributed by atoms with Gasteiger partial charge in [-0.1, -0.05) is 103 Å². The summed E-state index contributed by atoms with van der Waals surface area (Å²) >= 11 is 0. The molecule has 0 radical (unpaired) electrons. The number of anilines is 2. The zero-order valence-corrected chi connectivity index (χ0v) is 21.5. The summed E-state index contributed by atoms with van der Waals surface area (Å²) in [6.07, 6.45) is 0. The summed E-state index contributed by atoms with van der Waals surface area (Å²) in [6, 6.07) is 46.9. The smallest absolute Gasteiger partial charge is 0.158 e. The first-order valence-electron chi connectivity index (χ1n) is 13.6. The Bertz CT molecular complexity index is 2090. The van der Waals surface area contributed by atoms with Crippen molar-refractivity contribution in [3.63, 3.8) is 0 Å². The van der Waals surface area contributed by atoms with Crippen molar-refractivity contribution >= 4 is 33.3 Å². The average molecular weight is 514 g/mol. The minimum Gasteiger partial charge on any atom is -0.457 e. The highest BCUT2D eigenvalue weighted by atomic mass is 16.5. The molecule has 3 nitrogen and oxygen atoms in total. The summed E-state index contributed by atoms with van der Waals surface area (Å²) in [7, 11) is 0. The van der Waals surface area contributed by atoms with Crippen LogP contribution in [0.15, 0.2) is 138 Å². The molecule has 0 bridgehead atoms. The Morgan fingerprint density at radius 1 is 0.475 bits per heavy atom. The Kier molecular flexibility index (Phi) is 4.26. The molecular formula is C37H23NO2. The SMILES string of the molecule is c1ccc2c(c1)Oc1ccccc1C21c2ccccc2-c2c(Nc3cccc4c3oc3ccccc34)cccc21. The summed E-state index contributed by atoms with van der Waals surface area (Å²) in [5.74, 6) is 1.79. The molecule has 188 valence electrons. The van der Waals surface area contributed by atoms with Crippen LogP contribution in [0.2, 0.25) is 0 Å². The molecule has 1 aliphatic heterocycles. The van der Waals surface area contributed by atoms with E-state index in [0.717, 1.165) is 55.9 Å². The lowest BCUT2D eigenvalue weighted by molar-refractivity contribution is 0.436. The van der Waals surface area contributed by atoms with Crippen molar-refractivity contribution in [1.82, 2.24) is 0 Å². The van der Waals surface area contributed by atoms with Gasteiger partial charge in [0.1, 0.15) is 17.1 Å². The average Bonchev–Trinajstić information content (AvgIpc) is 3.53. The molecule has 0 fully saturated rings. The minimum atomic E-state index is -0.486. The monoisotopic (exact) mass is 513 g/mol. The number of hydrogen-bond donors (Lipinski definition) is 1. The predicted molar refractivity (Wildman–Crippen MR) is 161 cm³/mol. The molecule has 0 atom stereocenters. The van der Waals surface area contributed by atoms with E-state index in [-0.39, 0.29) is 0 Å². The van der Waals surface area contributed by atoms with Gasteiger partial charge in [-0.2, -0.15) is 0 Å². The normalized spacial score (nSPS) is 13.9. The number of rotatable bonds is 2. The van der Waals surface area contributed by atoms with Gasteiger partial charge in [-0.05, 0) is 47.0 Å². The molecule has 40 heavy (non-hydrogen) atoms. The van der Waals surface area contributed by atoms with E-state index >= 15 is 0 Å². The van der Waals surface area contributed by atoms with Crippen LogP contribution in [0.3, 0.4) is 0 Å². The van der Waals surface area contributed by atoms with Crippen LogP contribution in [-0.4, -0.2) is 0 Å². The van der Waals surface area contributed by atoms with E-state index in [1.54, 1.807) is 0 Å². The number of benzene rings is 6. The minimum absolute atomic E-state index is 0.486. The molecule has 7 aromatic rings. The van der Waals surface area contributed by atoms with Crippen LogP contribution in [-0.2, 0) is 5.41 Å². The van der Waals surface area contributed by atoms with Gasteiger partial charge >= 0.3 is 0 Å². The van der Waals surface area contributed by atoms with Crippen LogP contribution >= 0.6 is 0 Å². The second-order valence-corrected chi connectivity index (χ2v) is 10.5. The van der Waals surface area contributed by atoms with E-state index in [1.165, 1.54) is 22.3 Å². The fourth-order valence-corrected chi connectivity index (χ4v) is 7.00. The highest BCUT2D eigenvalue weighted by Gasteiger charge is 2.51. The molecule has 6 aromatic carbocycles. The molecule has 9 rings (SSSR count). The van der Waals surface area contributed by atoms with Crippen LogP contribution in [0.5, 0.6) is 11.5 Å². The van der Waals surface area contributed by atoms with Crippen molar-refractivity contribution in [3.05, 3.63) is 156 Å². The summed E-state index contributed by atoms with van der Waals surface area (Å²) in [6.45, 7) is 0.